The molecule has 2 aliphatic heterocycles. The average Bonchev–Trinajstić information content (AvgIpc) is 2.64. The summed E-state index contributed by atoms with van der Waals surface area (Å²) < 4.78 is 5.38. The minimum atomic E-state index is 0.0946. The Balaban J connectivity index is 1.46. The minimum absolute atomic E-state index is 0.0946. The zero-order valence-electron chi connectivity index (χ0n) is 15.2. The summed E-state index contributed by atoms with van der Waals surface area (Å²) in [5.74, 6) is 1.26. The number of hydrogen-bond donors (Lipinski definition) is 1. The number of nitrogens with zero attached hydrogens (tertiary/aromatic N) is 2. The molecule has 2 heterocycles. The Bertz CT molecular complexity index is 560. The van der Waals surface area contributed by atoms with Crippen LogP contribution < -0.4 is 10.2 Å². The van der Waals surface area contributed by atoms with E-state index in [9.17, 15) is 4.79 Å². The molecular weight excluding hydrogens is 334 g/mol. The number of morpholine rings is 1. The van der Waals surface area contributed by atoms with E-state index in [1.165, 1.54) is 5.69 Å². The van der Waals surface area contributed by atoms with Crippen molar-refractivity contribution in [2.75, 3.05) is 55.4 Å². The Kier molecular flexibility index (Phi) is 6.62. The second-order valence-corrected chi connectivity index (χ2v) is 8.28. The Morgan fingerprint density at radius 2 is 1.92 bits per heavy atom. The molecule has 2 atom stereocenters. The highest BCUT2D eigenvalue weighted by Crippen LogP contribution is 2.24. The van der Waals surface area contributed by atoms with Crippen molar-refractivity contribution in [1.29, 1.82) is 0 Å². The Morgan fingerprint density at radius 3 is 2.64 bits per heavy atom. The van der Waals surface area contributed by atoms with E-state index in [0.717, 1.165) is 50.8 Å². The first-order chi connectivity index (χ1) is 12.1. The van der Waals surface area contributed by atoms with Crippen LogP contribution in [0.25, 0.3) is 0 Å². The van der Waals surface area contributed by atoms with E-state index in [0.29, 0.717) is 17.7 Å². The number of carbonyl (C=O) groups excluding carboxylic acids is 1. The highest BCUT2D eigenvalue weighted by atomic mass is 32.2. The Morgan fingerprint density at radius 1 is 1.20 bits per heavy atom. The predicted molar refractivity (Wildman–Crippen MR) is 106 cm³/mol. The molecule has 2 fully saturated rings. The molecule has 1 amide bonds. The quantitative estimate of drug-likeness (QED) is 0.871. The monoisotopic (exact) mass is 363 g/mol. The largest absolute Gasteiger partial charge is 0.378 e. The number of rotatable bonds is 5. The van der Waals surface area contributed by atoms with Gasteiger partial charge < -0.3 is 15.0 Å². The summed E-state index contributed by atoms with van der Waals surface area (Å²) in [6, 6.07) is 8.67. The van der Waals surface area contributed by atoms with Crippen molar-refractivity contribution in [3.8, 4) is 0 Å². The van der Waals surface area contributed by atoms with Gasteiger partial charge in [-0.05, 0) is 31.2 Å². The van der Waals surface area contributed by atoms with Crippen LogP contribution in [0.1, 0.15) is 20.3 Å². The van der Waals surface area contributed by atoms with Crippen LogP contribution in [0.3, 0.4) is 0 Å². The van der Waals surface area contributed by atoms with Gasteiger partial charge in [0.05, 0.1) is 13.2 Å². The van der Waals surface area contributed by atoms with Crippen molar-refractivity contribution >= 4 is 29.0 Å². The van der Waals surface area contributed by atoms with E-state index in [4.69, 9.17) is 4.74 Å². The van der Waals surface area contributed by atoms with Gasteiger partial charge in [-0.15, -0.1) is 0 Å². The van der Waals surface area contributed by atoms with Crippen molar-refractivity contribution in [1.82, 2.24) is 4.90 Å². The van der Waals surface area contributed by atoms with Crippen LogP contribution in [-0.2, 0) is 9.53 Å². The summed E-state index contributed by atoms with van der Waals surface area (Å²) in [5.41, 5.74) is 2.06. The van der Waals surface area contributed by atoms with Crippen LogP contribution in [0, 0.1) is 0 Å². The summed E-state index contributed by atoms with van der Waals surface area (Å²) in [7, 11) is 0. The summed E-state index contributed by atoms with van der Waals surface area (Å²) in [5, 5.41) is 3.67. The van der Waals surface area contributed by atoms with E-state index in [2.05, 4.69) is 41.1 Å². The number of nitrogens with one attached hydrogen (secondary N) is 1. The third kappa shape index (κ3) is 5.12. The first-order valence-corrected chi connectivity index (χ1v) is 10.3. The van der Waals surface area contributed by atoms with Gasteiger partial charge in [0.25, 0.3) is 0 Å². The number of anilines is 2. The third-order valence-corrected chi connectivity index (χ3v) is 6.51. The van der Waals surface area contributed by atoms with Gasteiger partial charge in [-0.25, -0.2) is 0 Å². The van der Waals surface area contributed by atoms with E-state index in [1.807, 2.05) is 23.9 Å². The molecule has 0 bridgehead atoms. The Labute approximate surface area is 155 Å². The molecule has 0 radical (unpaired) electrons. The van der Waals surface area contributed by atoms with Crippen LogP contribution in [0.2, 0.25) is 0 Å². The molecule has 3 rings (SSSR count). The molecule has 138 valence electrons. The maximum absolute atomic E-state index is 12.3. The van der Waals surface area contributed by atoms with Crippen LogP contribution >= 0.6 is 11.8 Å². The fraction of sp³-hybridized carbons (Fsp3) is 0.632. The number of thioether (sulfide) groups is 1. The second kappa shape index (κ2) is 8.92. The zero-order valence-corrected chi connectivity index (χ0v) is 16.1. The van der Waals surface area contributed by atoms with E-state index in [-0.39, 0.29) is 5.91 Å². The maximum atomic E-state index is 12.3. The van der Waals surface area contributed by atoms with Crippen molar-refractivity contribution in [2.24, 2.45) is 0 Å². The van der Waals surface area contributed by atoms with Crippen LogP contribution in [-0.4, -0.2) is 67.2 Å². The molecule has 2 saturated heterocycles. The van der Waals surface area contributed by atoms with Gasteiger partial charge in [0, 0.05) is 61.0 Å². The lowest BCUT2D eigenvalue weighted by Gasteiger charge is -2.37. The number of ether oxygens (including phenoxy) is 1. The van der Waals surface area contributed by atoms with Gasteiger partial charge in [0.1, 0.15) is 0 Å². The molecule has 5 nitrogen and oxygen atoms in total. The van der Waals surface area contributed by atoms with Gasteiger partial charge in [0.2, 0.25) is 5.91 Å². The molecule has 6 heteroatoms. The molecule has 2 unspecified atom stereocenters. The first-order valence-electron chi connectivity index (χ1n) is 9.22. The fourth-order valence-corrected chi connectivity index (χ4v) is 4.52. The lowest BCUT2D eigenvalue weighted by molar-refractivity contribution is -0.116. The lowest BCUT2D eigenvalue weighted by atomic mass is 10.2. The molecular formula is C19H29N3O2S. The lowest BCUT2D eigenvalue weighted by Crippen LogP contribution is -2.45. The molecule has 0 saturated carbocycles. The van der Waals surface area contributed by atoms with Gasteiger partial charge in [-0.1, -0.05) is 6.92 Å². The maximum Gasteiger partial charge on any atom is 0.225 e. The number of amides is 1. The van der Waals surface area contributed by atoms with Crippen LogP contribution in [0.15, 0.2) is 24.3 Å². The molecule has 0 aromatic heterocycles. The normalized spacial score (nSPS) is 25.0. The Hall–Kier alpha value is -1.24. The molecule has 0 spiro atoms. The van der Waals surface area contributed by atoms with Crippen LogP contribution in [0.4, 0.5) is 11.4 Å². The number of carbonyl (C=O) groups is 1. The summed E-state index contributed by atoms with van der Waals surface area (Å²) in [4.78, 5) is 17.0. The SMILES string of the molecule is CC1SCCN(CCC(=O)Nc2ccc(N3CCOCC3)cc2)C1C. The fourth-order valence-electron chi connectivity index (χ4n) is 3.36. The highest BCUT2D eigenvalue weighted by Gasteiger charge is 2.25. The predicted octanol–water partition coefficient (Wildman–Crippen LogP) is 2.68. The second-order valence-electron chi connectivity index (χ2n) is 6.80. The van der Waals surface area contributed by atoms with Crippen molar-refractivity contribution < 1.29 is 9.53 Å². The van der Waals surface area contributed by atoms with Gasteiger partial charge in [0.15, 0.2) is 0 Å². The van der Waals surface area contributed by atoms with Crippen LogP contribution in [0.5, 0.6) is 0 Å². The molecule has 1 aromatic carbocycles. The minimum Gasteiger partial charge on any atom is -0.378 e. The first kappa shape index (κ1) is 18.5. The molecule has 25 heavy (non-hydrogen) atoms. The van der Waals surface area contributed by atoms with Crippen molar-refractivity contribution in [2.45, 2.75) is 31.6 Å². The zero-order chi connectivity index (χ0) is 17.6. The molecule has 1 N–H and O–H groups in total. The summed E-state index contributed by atoms with van der Waals surface area (Å²) in [6.45, 7) is 9.88. The van der Waals surface area contributed by atoms with Gasteiger partial charge >= 0.3 is 0 Å². The third-order valence-electron chi connectivity index (χ3n) is 5.17. The molecule has 2 aliphatic rings. The molecule has 1 aromatic rings. The van der Waals surface area contributed by atoms with Gasteiger partial charge in [-0.3, -0.25) is 9.69 Å². The smallest absolute Gasteiger partial charge is 0.225 e. The topological polar surface area (TPSA) is 44.8 Å². The average molecular weight is 364 g/mol. The van der Waals surface area contributed by atoms with E-state index < -0.39 is 0 Å². The highest BCUT2D eigenvalue weighted by molar-refractivity contribution is 8.00. The standard InChI is InChI=1S/C19H29N3O2S/c1-15-16(2)25-14-11-21(15)8-7-19(23)20-17-3-5-18(6-4-17)22-9-12-24-13-10-22/h3-6,15-16H,7-14H2,1-2H3,(H,20,23). The summed E-state index contributed by atoms with van der Waals surface area (Å²) >= 11 is 2.03. The van der Waals surface area contributed by atoms with Gasteiger partial charge in [-0.2, -0.15) is 11.8 Å². The molecule has 0 aliphatic carbocycles. The summed E-state index contributed by atoms with van der Waals surface area (Å²) in [6.07, 6.45) is 0.549. The van der Waals surface area contributed by atoms with Crippen molar-refractivity contribution in [3.63, 3.8) is 0 Å². The van der Waals surface area contributed by atoms with E-state index >= 15 is 0 Å². The van der Waals surface area contributed by atoms with E-state index in [1.54, 1.807) is 0 Å². The number of hydrogen-bond acceptors (Lipinski definition) is 5. The number of benzene rings is 1. The van der Waals surface area contributed by atoms with Crippen molar-refractivity contribution in [3.05, 3.63) is 24.3 Å².